The Hall–Kier alpha value is -2.44. The first-order chi connectivity index (χ1) is 12.5. The predicted molar refractivity (Wildman–Crippen MR) is 104 cm³/mol. The van der Waals surface area contributed by atoms with Crippen molar-refractivity contribution in [3.63, 3.8) is 0 Å². The Labute approximate surface area is 155 Å². The number of fused-ring (bicyclic) bond motifs is 2. The largest absolute Gasteiger partial charge is 0.361 e. The molecule has 0 saturated carbocycles. The van der Waals surface area contributed by atoms with E-state index in [9.17, 15) is 0 Å². The van der Waals surface area contributed by atoms with Crippen molar-refractivity contribution in [3.8, 4) is 0 Å². The van der Waals surface area contributed by atoms with Gasteiger partial charge < -0.3 is 14.7 Å². The van der Waals surface area contributed by atoms with Gasteiger partial charge in [0.2, 0.25) is 5.95 Å². The first-order valence-corrected chi connectivity index (χ1v) is 9.26. The molecule has 2 aromatic heterocycles. The quantitative estimate of drug-likeness (QED) is 0.835. The predicted octanol–water partition coefficient (Wildman–Crippen LogP) is 1.88. The Morgan fingerprint density at radius 2 is 1.85 bits per heavy atom. The molecule has 1 aliphatic carbocycles. The van der Waals surface area contributed by atoms with Gasteiger partial charge in [-0.1, -0.05) is 0 Å². The molecule has 0 amide bonds. The lowest BCUT2D eigenvalue weighted by atomic mass is 9.77. The van der Waals surface area contributed by atoms with Gasteiger partial charge in [-0.05, 0) is 31.2 Å². The zero-order chi connectivity index (χ0) is 18.3. The number of piperidine rings is 1. The van der Waals surface area contributed by atoms with Crippen LogP contribution in [0.1, 0.15) is 30.5 Å². The minimum absolute atomic E-state index is 0.108. The first-order valence-electron chi connectivity index (χ1n) is 9.26. The molecule has 4 rings (SSSR count). The maximum absolute atomic E-state index is 4.95. The Bertz CT molecular complexity index is 800. The lowest BCUT2D eigenvalue weighted by molar-refractivity contribution is 0.333. The van der Waals surface area contributed by atoms with Crippen LogP contribution >= 0.6 is 0 Å². The van der Waals surface area contributed by atoms with E-state index in [4.69, 9.17) is 9.97 Å². The standard InChI is InChI=1S/C19H27N7/c1-24(2)15-11-20-12-16(22-15)26-9-5-7-19(13-26)8-6-14-10-21-18(25(3)4)23-17(14)19/h10-12H,5-9,13H2,1-4H3. The van der Waals surface area contributed by atoms with Crippen LogP contribution in [0.25, 0.3) is 0 Å². The lowest BCUT2D eigenvalue weighted by Crippen LogP contribution is -2.46. The molecule has 1 fully saturated rings. The van der Waals surface area contributed by atoms with Crippen molar-refractivity contribution in [3.05, 3.63) is 29.8 Å². The van der Waals surface area contributed by atoms with Crippen molar-refractivity contribution >= 4 is 17.6 Å². The van der Waals surface area contributed by atoms with Crippen LogP contribution in [0.4, 0.5) is 17.6 Å². The van der Waals surface area contributed by atoms with Crippen LogP contribution in [0, 0.1) is 0 Å². The van der Waals surface area contributed by atoms with Crippen LogP contribution < -0.4 is 14.7 Å². The number of rotatable bonds is 3. The van der Waals surface area contributed by atoms with Crippen molar-refractivity contribution < 1.29 is 0 Å². The van der Waals surface area contributed by atoms with E-state index in [2.05, 4.69) is 14.9 Å². The summed E-state index contributed by atoms with van der Waals surface area (Å²) in [5.41, 5.74) is 2.67. The summed E-state index contributed by atoms with van der Waals surface area (Å²) >= 11 is 0. The molecule has 1 aliphatic heterocycles. The van der Waals surface area contributed by atoms with Crippen LogP contribution in [-0.2, 0) is 11.8 Å². The number of hydrogen-bond acceptors (Lipinski definition) is 7. The molecule has 0 N–H and O–H groups in total. The summed E-state index contributed by atoms with van der Waals surface area (Å²) in [4.78, 5) is 25.0. The van der Waals surface area contributed by atoms with Gasteiger partial charge in [0, 0.05) is 52.9 Å². The highest BCUT2D eigenvalue weighted by Gasteiger charge is 2.44. The molecular weight excluding hydrogens is 326 g/mol. The molecule has 7 heteroatoms. The second kappa shape index (κ2) is 6.37. The van der Waals surface area contributed by atoms with E-state index in [1.165, 1.54) is 17.7 Å². The fraction of sp³-hybridized carbons (Fsp3) is 0.579. The molecule has 3 heterocycles. The SMILES string of the molecule is CN(C)c1cncc(N2CCCC3(CCc4cnc(N(C)C)nc43)C2)n1. The number of aromatic nitrogens is 4. The summed E-state index contributed by atoms with van der Waals surface area (Å²) in [6.45, 7) is 1.98. The van der Waals surface area contributed by atoms with Gasteiger partial charge in [0.1, 0.15) is 11.6 Å². The van der Waals surface area contributed by atoms with Crippen LogP contribution in [-0.4, -0.2) is 61.2 Å². The third-order valence-corrected chi connectivity index (χ3v) is 5.60. The van der Waals surface area contributed by atoms with Gasteiger partial charge in [0.05, 0.1) is 18.1 Å². The minimum atomic E-state index is 0.108. The third-order valence-electron chi connectivity index (χ3n) is 5.60. The molecular formula is C19H27N7. The van der Waals surface area contributed by atoms with E-state index < -0.39 is 0 Å². The van der Waals surface area contributed by atoms with Crippen molar-refractivity contribution in [2.45, 2.75) is 31.1 Å². The first kappa shape index (κ1) is 17.0. The van der Waals surface area contributed by atoms with E-state index in [1.54, 1.807) is 0 Å². The number of nitrogens with zero attached hydrogens (tertiary/aromatic N) is 7. The summed E-state index contributed by atoms with van der Waals surface area (Å²) < 4.78 is 0. The molecule has 2 aliphatic rings. The summed E-state index contributed by atoms with van der Waals surface area (Å²) in [5, 5.41) is 0. The normalized spacial score (nSPS) is 21.8. The number of anilines is 3. The summed E-state index contributed by atoms with van der Waals surface area (Å²) in [6.07, 6.45) is 10.3. The smallest absolute Gasteiger partial charge is 0.225 e. The third kappa shape index (κ3) is 2.85. The van der Waals surface area contributed by atoms with Gasteiger partial charge in [0.25, 0.3) is 0 Å². The zero-order valence-corrected chi connectivity index (χ0v) is 16.1. The Balaban J connectivity index is 1.66. The molecule has 0 bridgehead atoms. The maximum Gasteiger partial charge on any atom is 0.225 e. The number of hydrogen-bond donors (Lipinski definition) is 0. The highest BCUT2D eigenvalue weighted by Crippen LogP contribution is 2.44. The topological polar surface area (TPSA) is 61.3 Å². The molecule has 0 aromatic carbocycles. The minimum Gasteiger partial charge on any atom is -0.361 e. The Morgan fingerprint density at radius 3 is 2.62 bits per heavy atom. The Kier molecular flexibility index (Phi) is 4.17. The summed E-state index contributed by atoms with van der Waals surface area (Å²) in [7, 11) is 7.99. The lowest BCUT2D eigenvalue weighted by Gasteiger charge is -2.41. The summed E-state index contributed by atoms with van der Waals surface area (Å²) in [5.74, 6) is 2.66. The van der Waals surface area contributed by atoms with Gasteiger partial charge >= 0.3 is 0 Å². The van der Waals surface area contributed by atoms with Crippen LogP contribution in [0.15, 0.2) is 18.6 Å². The van der Waals surface area contributed by atoms with Gasteiger partial charge in [0.15, 0.2) is 0 Å². The molecule has 0 radical (unpaired) electrons. The second-order valence-corrected chi connectivity index (χ2v) is 7.87. The van der Waals surface area contributed by atoms with Crippen molar-refractivity contribution in [1.82, 2.24) is 19.9 Å². The highest BCUT2D eigenvalue weighted by atomic mass is 15.3. The highest BCUT2D eigenvalue weighted by molar-refractivity contribution is 5.48. The molecule has 7 nitrogen and oxygen atoms in total. The molecule has 1 spiro atoms. The fourth-order valence-corrected chi connectivity index (χ4v) is 4.19. The molecule has 1 unspecified atom stereocenters. The monoisotopic (exact) mass is 353 g/mol. The molecule has 1 saturated heterocycles. The fourth-order valence-electron chi connectivity index (χ4n) is 4.19. The van der Waals surface area contributed by atoms with Crippen molar-refractivity contribution in [2.75, 3.05) is 56.0 Å². The Morgan fingerprint density at radius 1 is 1.00 bits per heavy atom. The van der Waals surface area contributed by atoms with E-state index in [-0.39, 0.29) is 5.41 Å². The van der Waals surface area contributed by atoms with E-state index in [0.29, 0.717) is 0 Å². The average molecular weight is 353 g/mol. The van der Waals surface area contributed by atoms with Gasteiger partial charge in [-0.3, -0.25) is 4.98 Å². The van der Waals surface area contributed by atoms with E-state index in [0.717, 1.165) is 49.9 Å². The maximum atomic E-state index is 4.95. The molecule has 26 heavy (non-hydrogen) atoms. The molecule has 1 atom stereocenters. The van der Waals surface area contributed by atoms with E-state index in [1.807, 2.05) is 56.6 Å². The zero-order valence-electron chi connectivity index (χ0n) is 16.1. The van der Waals surface area contributed by atoms with Gasteiger partial charge in [-0.15, -0.1) is 0 Å². The van der Waals surface area contributed by atoms with Crippen molar-refractivity contribution in [1.29, 1.82) is 0 Å². The molecule has 2 aromatic rings. The van der Waals surface area contributed by atoms with Gasteiger partial charge in [-0.25, -0.2) is 15.0 Å². The average Bonchev–Trinajstić information content (AvgIpc) is 2.99. The van der Waals surface area contributed by atoms with Gasteiger partial charge in [-0.2, -0.15) is 0 Å². The van der Waals surface area contributed by atoms with Crippen LogP contribution in [0.2, 0.25) is 0 Å². The summed E-state index contributed by atoms with van der Waals surface area (Å²) in [6, 6.07) is 0. The number of aryl methyl sites for hydroxylation is 1. The molecule has 138 valence electrons. The van der Waals surface area contributed by atoms with Crippen LogP contribution in [0.5, 0.6) is 0 Å². The second-order valence-electron chi connectivity index (χ2n) is 7.87. The van der Waals surface area contributed by atoms with Crippen molar-refractivity contribution in [2.24, 2.45) is 0 Å². The van der Waals surface area contributed by atoms with Crippen LogP contribution in [0.3, 0.4) is 0 Å². The van der Waals surface area contributed by atoms with E-state index >= 15 is 0 Å².